The van der Waals surface area contributed by atoms with Crippen molar-refractivity contribution in [3.05, 3.63) is 65.7 Å². The van der Waals surface area contributed by atoms with E-state index in [4.69, 9.17) is 0 Å². The Balaban J connectivity index is 1.74. The Labute approximate surface area is 131 Å². The van der Waals surface area contributed by atoms with E-state index >= 15 is 0 Å². The van der Waals surface area contributed by atoms with E-state index in [0.717, 1.165) is 24.3 Å². The predicted molar refractivity (Wildman–Crippen MR) is 88.5 cm³/mol. The van der Waals surface area contributed by atoms with Crippen molar-refractivity contribution in [2.75, 3.05) is 11.9 Å². The van der Waals surface area contributed by atoms with Crippen molar-refractivity contribution in [3.8, 4) is 0 Å². The third-order valence-electron chi connectivity index (χ3n) is 3.38. The van der Waals surface area contributed by atoms with Gasteiger partial charge < -0.3 is 15.7 Å². The van der Waals surface area contributed by atoms with Crippen LogP contribution >= 0.6 is 0 Å². The van der Waals surface area contributed by atoms with Gasteiger partial charge in [-0.25, -0.2) is 0 Å². The van der Waals surface area contributed by atoms with Crippen molar-refractivity contribution in [1.29, 1.82) is 0 Å². The molecule has 22 heavy (non-hydrogen) atoms. The lowest BCUT2D eigenvalue weighted by atomic mass is 10.1. The number of nitrogens with one attached hydrogen (secondary N) is 2. The van der Waals surface area contributed by atoms with Gasteiger partial charge in [0, 0.05) is 19.2 Å². The molecule has 1 amide bonds. The van der Waals surface area contributed by atoms with Gasteiger partial charge in [0.2, 0.25) is 5.91 Å². The minimum atomic E-state index is -0.505. The highest BCUT2D eigenvalue weighted by Crippen LogP contribution is 2.18. The van der Waals surface area contributed by atoms with Crippen LogP contribution in [-0.4, -0.2) is 17.6 Å². The molecule has 0 aliphatic carbocycles. The smallest absolute Gasteiger partial charge is 0.221 e. The Morgan fingerprint density at radius 1 is 1.09 bits per heavy atom. The van der Waals surface area contributed by atoms with E-state index in [-0.39, 0.29) is 5.91 Å². The lowest BCUT2D eigenvalue weighted by Gasteiger charge is -2.12. The van der Waals surface area contributed by atoms with Gasteiger partial charge in [-0.3, -0.25) is 4.79 Å². The third kappa shape index (κ3) is 5.31. The molecule has 2 rings (SSSR count). The number of benzene rings is 2. The molecule has 0 saturated carbocycles. The van der Waals surface area contributed by atoms with Crippen molar-refractivity contribution in [3.63, 3.8) is 0 Å². The van der Waals surface area contributed by atoms with Gasteiger partial charge >= 0.3 is 0 Å². The van der Waals surface area contributed by atoms with Gasteiger partial charge in [0.15, 0.2) is 0 Å². The van der Waals surface area contributed by atoms with Crippen LogP contribution in [0.4, 0.5) is 5.69 Å². The highest BCUT2D eigenvalue weighted by Gasteiger charge is 2.07. The van der Waals surface area contributed by atoms with Crippen molar-refractivity contribution in [1.82, 2.24) is 5.32 Å². The SMILES string of the molecule is CC(=O)Nc1ccc(C(O)CCNCc2ccccc2)cc1. The lowest BCUT2D eigenvalue weighted by Crippen LogP contribution is -2.17. The second-order valence-electron chi connectivity index (χ2n) is 5.27. The molecule has 116 valence electrons. The number of amides is 1. The van der Waals surface area contributed by atoms with Crippen LogP contribution in [0.1, 0.15) is 30.6 Å². The molecule has 2 aromatic carbocycles. The largest absolute Gasteiger partial charge is 0.388 e. The van der Waals surface area contributed by atoms with E-state index in [9.17, 15) is 9.90 Å². The van der Waals surface area contributed by atoms with Gasteiger partial charge in [-0.05, 0) is 36.2 Å². The van der Waals surface area contributed by atoms with Crippen LogP contribution in [0.3, 0.4) is 0 Å². The van der Waals surface area contributed by atoms with Crippen LogP contribution in [-0.2, 0) is 11.3 Å². The van der Waals surface area contributed by atoms with E-state index < -0.39 is 6.10 Å². The van der Waals surface area contributed by atoms with Crippen molar-refractivity contribution < 1.29 is 9.90 Å². The molecule has 0 aliphatic rings. The lowest BCUT2D eigenvalue weighted by molar-refractivity contribution is -0.114. The van der Waals surface area contributed by atoms with E-state index in [0.29, 0.717) is 6.42 Å². The van der Waals surface area contributed by atoms with Crippen molar-refractivity contribution in [2.24, 2.45) is 0 Å². The Hall–Kier alpha value is -2.17. The molecule has 0 aromatic heterocycles. The monoisotopic (exact) mass is 298 g/mol. The maximum atomic E-state index is 11.0. The van der Waals surface area contributed by atoms with Crippen LogP contribution in [0.5, 0.6) is 0 Å². The summed E-state index contributed by atoms with van der Waals surface area (Å²) in [5.41, 5.74) is 2.83. The van der Waals surface area contributed by atoms with Crippen molar-refractivity contribution >= 4 is 11.6 Å². The zero-order valence-corrected chi connectivity index (χ0v) is 12.8. The van der Waals surface area contributed by atoms with Gasteiger partial charge in [-0.15, -0.1) is 0 Å². The van der Waals surface area contributed by atoms with Crippen molar-refractivity contribution in [2.45, 2.75) is 26.0 Å². The average Bonchev–Trinajstić information content (AvgIpc) is 2.52. The maximum Gasteiger partial charge on any atom is 0.221 e. The molecule has 1 unspecified atom stereocenters. The van der Waals surface area contributed by atoms with Crippen LogP contribution in [0.2, 0.25) is 0 Å². The highest BCUT2D eigenvalue weighted by molar-refractivity contribution is 5.88. The van der Waals surface area contributed by atoms with E-state index in [1.807, 2.05) is 30.3 Å². The van der Waals surface area contributed by atoms with Gasteiger partial charge in [0.05, 0.1) is 6.10 Å². The normalized spacial score (nSPS) is 11.9. The zero-order valence-electron chi connectivity index (χ0n) is 12.8. The number of rotatable bonds is 7. The minimum Gasteiger partial charge on any atom is -0.388 e. The second-order valence-corrected chi connectivity index (χ2v) is 5.27. The van der Waals surface area contributed by atoms with Crippen LogP contribution in [0.15, 0.2) is 54.6 Å². The third-order valence-corrected chi connectivity index (χ3v) is 3.38. The summed E-state index contributed by atoms with van der Waals surface area (Å²) in [5.74, 6) is -0.0987. The number of carbonyl (C=O) groups excluding carboxylic acids is 1. The molecule has 0 spiro atoms. The molecule has 3 N–H and O–H groups in total. The summed E-state index contributed by atoms with van der Waals surface area (Å²) in [6.07, 6.45) is 0.140. The molecule has 1 atom stereocenters. The summed E-state index contributed by atoms with van der Waals surface area (Å²) in [4.78, 5) is 11.0. The number of anilines is 1. The Morgan fingerprint density at radius 2 is 1.77 bits per heavy atom. The quantitative estimate of drug-likeness (QED) is 0.689. The van der Waals surface area contributed by atoms with Crippen LogP contribution in [0, 0.1) is 0 Å². The number of carbonyl (C=O) groups is 1. The Morgan fingerprint density at radius 3 is 2.41 bits per heavy atom. The first kappa shape index (κ1) is 16.2. The predicted octanol–water partition coefficient (Wildman–Crippen LogP) is 2.86. The molecule has 0 bridgehead atoms. The number of aliphatic hydroxyl groups excluding tert-OH is 1. The summed E-state index contributed by atoms with van der Waals surface area (Å²) in [5, 5.41) is 16.2. The molecule has 2 aromatic rings. The van der Waals surface area contributed by atoms with Gasteiger partial charge in [0.1, 0.15) is 0 Å². The summed E-state index contributed by atoms with van der Waals surface area (Å²) >= 11 is 0. The fraction of sp³-hybridized carbons (Fsp3) is 0.278. The minimum absolute atomic E-state index is 0.0987. The van der Waals surface area contributed by atoms with Gasteiger partial charge in [-0.1, -0.05) is 42.5 Å². The molecule has 0 fully saturated rings. The van der Waals surface area contributed by atoms with Crippen LogP contribution in [0.25, 0.3) is 0 Å². The summed E-state index contributed by atoms with van der Waals surface area (Å²) in [7, 11) is 0. The van der Waals surface area contributed by atoms with Gasteiger partial charge in [0.25, 0.3) is 0 Å². The summed E-state index contributed by atoms with van der Waals surface area (Å²) < 4.78 is 0. The topological polar surface area (TPSA) is 61.4 Å². The Kier molecular flexibility index (Phi) is 6.13. The van der Waals surface area contributed by atoms with E-state index in [1.165, 1.54) is 12.5 Å². The first-order chi connectivity index (χ1) is 10.6. The molecule has 4 heteroatoms. The first-order valence-electron chi connectivity index (χ1n) is 7.45. The second kappa shape index (κ2) is 8.32. The maximum absolute atomic E-state index is 11.0. The molecule has 0 saturated heterocycles. The fourth-order valence-corrected chi connectivity index (χ4v) is 2.23. The number of hydrogen-bond acceptors (Lipinski definition) is 3. The average molecular weight is 298 g/mol. The standard InChI is InChI=1S/C18H22N2O2/c1-14(21)20-17-9-7-16(8-10-17)18(22)11-12-19-13-15-5-3-2-4-6-15/h2-10,18-19,22H,11-13H2,1H3,(H,20,21). The Bertz CT molecular complexity index is 582. The zero-order chi connectivity index (χ0) is 15.8. The van der Waals surface area contributed by atoms with Gasteiger partial charge in [-0.2, -0.15) is 0 Å². The molecule has 0 heterocycles. The highest BCUT2D eigenvalue weighted by atomic mass is 16.3. The van der Waals surface area contributed by atoms with Crippen LogP contribution < -0.4 is 10.6 Å². The first-order valence-corrected chi connectivity index (χ1v) is 7.45. The fourth-order valence-electron chi connectivity index (χ4n) is 2.23. The van der Waals surface area contributed by atoms with E-state index in [2.05, 4.69) is 22.8 Å². The molecule has 4 nitrogen and oxygen atoms in total. The number of hydrogen-bond donors (Lipinski definition) is 3. The molecular formula is C18H22N2O2. The van der Waals surface area contributed by atoms with E-state index in [1.54, 1.807) is 12.1 Å². The summed E-state index contributed by atoms with van der Waals surface area (Å²) in [6, 6.07) is 17.5. The molecule has 0 radical (unpaired) electrons. The summed E-state index contributed by atoms with van der Waals surface area (Å²) in [6.45, 7) is 3.01. The number of aliphatic hydroxyl groups is 1. The molecule has 0 aliphatic heterocycles. The molecular weight excluding hydrogens is 276 g/mol.